The number of aliphatic hydroxyl groups is 1. The lowest BCUT2D eigenvalue weighted by Crippen LogP contribution is -2.24. The number of hydrogen-bond donors (Lipinski definition) is 6. The number of thiazole rings is 1. The van der Waals surface area contributed by atoms with Crippen LogP contribution in [-0.4, -0.2) is 33.4 Å². The lowest BCUT2D eigenvalue weighted by Gasteiger charge is -2.14. The Hall–Kier alpha value is -3.17. The molecule has 8 heteroatoms. The Morgan fingerprint density at radius 3 is 2.58 bits per heavy atom. The number of nitrogens with one attached hydrogen (secondary N) is 3. The Bertz CT molecular complexity index is 1280. The van der Waals surface area contributed by atoms with E-state index in [2.05, 4.69) is 33.8 Å². The summed E-state index contributed by atoms with van der Waals surface area (Å²) < 4.78 is 0.582. The number of H-pyrrole nitrogens is 1. The third-order valence-corrected chi connectivity index (χ3v) is 6.43. The Morgan fingerprint density at radius 1 is 0.909 bits per heavy atom. The van der Waals surface area contributed by atoms with Crippen molar-refractivity contribution in [2.45, 2.75) is 25.6 Å². The fourth-order valence-electron chi connectivity index (χ4n) is 3.78. The first-order chi connectivity index (χ1) is 16.0. The molecular formula is C25H27N3O4S. The predicted molar refractivity (Wildman–Crippen MR) is 131 cm³/mol. The molecule has 0 aliphatic carbocycles. The van der Waals surface area contributed by atoms with Gasteiger partial charge in [0.2, 0.25) is 0 Å². The van der Waals surface area contributed by atoms with Gasteiger partial charge < -0.3 is 30.9 Å². The lowest BCUT2D eigenvalue weighted by molar-refractivity contribution is 0.176. The standard InChI is InChI=1S/C25H27N3O4S/c29-20-7-2-1-6-18(20)14-27-13-17-5-3-4-16(12-17)10-11-26-15-22(31)19-8-9-21(30)23-24(19)33-25(32)28-23/h1-9,12,22,26-27,29-31H,10-11,13-15H2,(H,28,32). The number of para-hydroxylation sites is 1. The second kappa shape index (κ2) is 10.6. The maximum Gasteiger partial charge on any atom is 0.305 e. The van der Waals surface area contributed by atoms with Crippen LogP contribution in [0.5, 0.6) is 11.5 Å². The molecule has 0 fully saturated rings. The van der Waals surface area contributed by atoms with Crippen LogP contribution < -0.4 is 15.5 Å². The molecule has 0 aliphatic heterocycles. The van der Waals surface area contributed by atoms with E-state index in [1.807, 2.05) is 24.3 Å². The Balaban J connectivity index is 1.26. The van der Waals surface area contributed by atoms with E-state index in [1.165, 1.54) is 11.6 Å². The summed E-state index contributed by atoms with van der Waals surface area (Å²) in [5, 5.41) is 37.0. The molecule has 1 aromatic heterocycles. The highest BCUT2D eigenvalue weighted by molar-refractivity contribution is 7.16. The van der Waals surface area contributed by atoms with Gasteiger partial charge >= 0.3 is 4.87 Å². The molecule has 0 saturated heterocycles. The minimum Gasteiger partial charge on any atom is -0.508 e. The van der Waals surface area contributed by atoms with Crippen molar-refractivity contribution in [1.29, 1.82) is 0 Å². The highest BCUT2D eigenvalue weighted by atomic mass is 32.1. The van der Waals surface area contributed by atoms with Gasteiger partial charge in [-0.05, 0) is 36.2 Å². The zero-order chi connectivity index (χ0) is 23.2. The summed E-state index contributed by atoms with van der Waals surface area (Å²) in [5.41, 5.74) is 4.21. The van der Waals surface area contributed by atoms with Crippen LogP contribution in [0.1, 0.15) is 28.4 Å². The van der Waals surface area contributed by atoms with Crippen LogP contribution in [0, 0.1) is 0 Å². The van der Waals surface area contributed by atoms with Crippen molar-refractivity contribution in [2.75, 3.05) is 13.1 Å². The second-order valence-electron chi connectivity index (χ2n) is 7.91. The number of rotatable bonds is 10. The molecule has 0 amide bonds. The number of phenols is 2. The van der Waals surface area contributed by atoms with Gasteiger partial charge in [-0.25, -0.2) is 0 Å². The number of hydrogen-bond acceptors (Lipinski definition) is 7. The zero-order valence-corrected chi connectivity index (χ0v) is 18.9. The minimum absolute atomic E-state index is 0.00204. The fraction of sp³-hybridized carbons (Fsp3) is 0.240. The summed E-state index contributed by atoms with van der Waals surface area (Å²) in [6, 6.07) is 18.8. The predicted octanol–water partition coefficient (Wildman–Crippen LogP) is 3.16. The number of aromatic nitrogens is 1. The molecule has 0 saturated carbocycles. The first kappa shape index (κ1) is 23.0. The molecule has 0 radical (unpaired) electrons. The number of fused-ring (bicyclic) bond motifs is 1. The molecule has 6 N–H and O–H groups in total. The molecule has 4 aromatic rings. The number of phenolic OH excluding ortho intramolecular Hbond substituents is 2. The van der Waals surface area contributed by atoms with Gasteiger partial charge in [-0.3, -0.25) is 4.79 Å². The molecule has 1 unspecified atom stereocenters. The van der Waals surface area contributed by atoms with Gasteiger partial charge in [0.05, 0.1) is 10.8 Å². The Kier molecular flexibility index (Phi) is 7.41. The maximum absolute atomic E-state index is 11.7. The van der Waals surface area contributed by atoms with E-state index in [4.69, 9.17) is 0 Å². The van der Waals surface area contributed by atoms with Crippen molar-refractivity contribution >= 4 is 21.6 Å². The van der Waals surface area contributed by atoms with Crippen LogP contribution in [0.2, 0.25) is 0 Å². The topological polar surface area (TPSA) is 118 Å². The number of benzene rings is 3. The highest BCUT2D eigenvalue weighted by Crippen LogP contribution is 2.31. The Labute approximate surface area is 195 Å². The molecule has 1 atom stereocenters. The van der Waals surface area contributed by atoms with E-state index in [1.54, 1.807) is 12.1 Å². The third-order valence-electron chi connectivity index (χ3n) is 5.50. The van der Waals surface area contributed by atoms with Gasteiger partial charge in [-0.15, -0.1) is 0 Å². The largest absolute Gasteiger partial charge is 0.508 e. The first-order valence-corrected chi connectivity index (χ1v) is 11.6. The van der Waals surface area contributed by atoms with Crippen molar-refractivity contribution in [3.8, 4) is 11.5 Å². The van der Waals surface area contributed by atoms with Crippen LogP contribution in [0.4, 0.5) is 0 Å². The molecule has 0 spiro atoms. The van der Waals surface area contributed by atoms with E-state index in [0.29, 0.717) is 47.7 Å². The monoisotopic (exact) mass is 465 g/mol. The van der Waals surface area contributed by atoms with E-state index in [9.17, 15) is 20.1 Å². The van der Waals surface area contributed by atoms with Gasteiger partial charge in [0.1, 0.15) is 17.0 Å². The molecule has 1 heterocycles. The van der Waals surface area contributed by atoms with Gasteiger partial charge in [-0.1, -0.05) is 59.9 Å². The van der Waals surface area contributed by atoms with E-state index < -0.39 is 6.10 Å². The summed E-state index contributed by atoms with van der Waals surface area (Å²) in [7, 11) is 0. The molecule has 4 rings (SSSR count). The van der Waals surface area contributed by atoms with Crippen LogP contribution >= 0.6 is 11.3 Å². The summed E-state index contributed by atoms with van der Waals surface area (Å²) >= 11 is 0.986. The van der Waals surface area contributed by atoms with Crippen molar-refractivity contribution < 1.29 is 15.3 Å². The normalized spacial score (nSPS) is 12.3. The average Bonchev–Trinajstić information content (AvgIpc) is 3.21. The van der Waals surface area contributed by atoms with Crippen LogP contribution in [0.25, 0.3) is 10.2 Å². The second-order valence-corrected chi connectivity index (χ2v) is 8.90. The molecular weight excluding hydrogens is 438 g/mol. The fourth-order valence-corrected chi connectivity index (χ4v) is 4.70. The first-order valence-electron chi connectivity index (χ1n) is 10.8. The minimum atomic E-state index is -0.788. The number of aromatic amines is 1. The average molecular weight is 466 g/mol. The van der Waals surface area contributed by atoms with Crippen molar-refractivity contribution in [2.24, 2.45) is 0 Å². The smallest absolute Gasteiger partial charge is 0.305 e. The molecule has 0 bridgehead atoms. The van der Waals surface area contributed by atoms with Gasteiger partial charge in [0, 0.05) is 30.8 Å². The molecule has 7 nitrogen and oxygen atoms in total. The highest BCUT2D eigenvalue weighted by Gasteiger charge is 2.15. The number of aliphatic hydroxyl groups excluding tert-OH is 1. The van der Waals surface area contributed by atoms with Gasteiger partial charge in [0.25, 0.3) is 0 Å². The zero-order valence-electron chi connectivity index (χ0n) is 18.0. The third kappa shape index (κ3) is 5.80. The molecule has 33 heavy (non-hydrogen) atoms. The molecule has 0 aliphatic rings. The number of aromatic hydroxyl groups is 2. The SMILES string of the molecule is O=c1[nH]c2c(O)ccc(C(O)CNCCc3cccc(CNCc4ccccc4O)c3)c2s1. The van der Waals surface area contributed by atoms with Gasteiger partial charge in [0.15, 0.2) is 0 Å². The van der Waals surface area contributed by atoms with Crippen LogP contribution in [0.3, 0.4) is 0 Å². The van der Waals surface area contributed by atoms with E-state index >= 15 is 0 Å². The summed E-state index contributed by atoms with van der Waals surface area (Å²) in [4.78, 5) is 14.0. The van der Waals surface area contributed by atoms with Crippen LogP contribution in [0.15, 0.2) is 65.5 Å². The van der Waals surface area contributed by atoms with Gasteiger partial charge in [-0.2, -0.15) is 0 Å². The molecule has 3 aromatic carbocycles. The summed E-state index contributed by atoms with van der Waals surface area (Å²) in [5.74, 6) is 0.299. The Morgan fingerprint density at radius 2 is 1.73 bits per heavy atom. The lowest BCUT2D eigenvalue weighted by atomic mass is 10.1. The van der Waals surface area contributed by atoms with Crippen LogP contribution in [-0.2, 0) is 19.5 Å². The van der Waals surface area contributed by atoms with Crippen molar-refractivity contribution in [3.05, 3.63) is 92.6 Å². The maximum atomic E-state index is 11.7. The van der Waals surface area contributed by atoms with Crippen molar-refractivity contribution in [1.82, 2.24) is 15.6 Å². The van der Waals surface area contributed by atoms with E-state index in [0.717, 1.165) is 28.9 Å². The van der Waals surface area contributed by atoms with Crippen molar-refractivity contribution in [3.63, 3.8) is 0 Å². The summed E-state index contributed by atoms with van der Waals surface area (Å²) in [6.45, 7) is 2.33. The quantitative estimate of drug-likeness (QED) is 0.200. The molecule has 172 valence electrons. The summed E-state index contributed by atoms with van der Waals surface area (Å²) in [6.07, 6.45) is 0.0205. The van der Waals surface area contributed by atoms with E-state index in [-0.39, 0.29) is 10.6 Å².